The Kier molecular flexibility index (Phi) is 4.33. The maximum atomic E-state index is 11.0. The average Bonchev–Trinajstić information content (AvgIpc) is 2.59. The van der Waals surface area contributed by atoms with E-state index >= 15 is 0 Å². The van der Waals surface area contributed by atoms with E-state index in [1.165, 1.54) is 11.5 Å². The molecule has 3 rings (SSSR count). The molecule has 0 amide bonds. The Bertz CT molecular complexity index is 830. The fourth-order valence-electron chi connectivity index (χ4n) is 2.49. The lowest BCUT2D eigenvalue weighted by molar-refractivity contribution is -0.409. The zero-order chi connectivity index (χ0) is 16.1. The molecule has 0 unspecified atom stereocenters. The maximum absolute atomic E-state index is 11.0. The first-order chi connectivity index (χ1) is 11.3. The number of hydrogen-bond acceptors (Lipinski definition) is 4. The molecule has 116 valence electrons. The van der Waals surface area contributed by atoms with E-state index in [2.05, 4.69) is 33.8 Å². The first kappa shape index (κ1) is 14.8. The highest BCUT2D eigenvalue weighted by molar-refractivity contribution is 5.93. The van der Waals surface area contributed by atoms with Crippen LogP contribution in [-0.4, -0.2) is 18.0 Å². The number of nitrogens with zero attached hydrogens (tertiary/aromatic N) is 1. The third kappa shape index (κ3) is 3.37. The molecule has 0 bridgehead atoms. The summed E-state index contributed by atoms with van der Waals surface area (Å²) >= 11 is 0. The summed E-state index contributed by atoms with van der Waals surface area (Å²) in [5.74, 6) is 0.414. The maximum Gasteiger partial charge on any atom is 0.357 e. The number of hydrogen-bond donors (Lipinski definition) is 2. The highest BCUT2D eigenvalue weighted by Crippen LogP contribution is 2.22. The molecular formula is C17H17N4O2+. The number of rotatable bonds is 6. The van der Waals surface area contributed by atoms with Gasteiger partial charge in [-0.1, -0.05) is 36.4 Å². The summed E-state index contributed by atoms with van der Waals surface area (Å²) in [6.07, 6.45) is 1.66. The quantitative estimate of drug-likeness (QED) is 0.416. The smallest absolute Gasteiger partial charge is 0.357 e. The normalized spacial score (nSPS) is 10.4. The van der Waals surface area contributed by atoms with Crippen molar-refractivity contribution in [1.82, 2.24) is 0 Å². The second-order valence-electron chi connectivity index (χ2n) is 5.07. The SMILES string of the molecule is O=[N+]([O-])c1ccc[nH+]c1NCCNc1cccc2ccccc12. The fourth-order valence-corrected chi connectivity index (χ4v) is 2.49. The Morgan fingerprint density at radius 1 is 0.957 bits per heavy atom. The van der Waals surface area contributed by atoms with Gasteiger partial charge in [-0.2, -0.15) is 0 Å². The van der Waals surface area contributed by atoms with Crippen molar-refractivity contribution < 1.29 is 9.91 Å². The lowest BCUT2D eigenvalue weighted by Crippen LogP contribution is -2.20. The molecule has 0 aliphatic heterocycles. The van der Waals surface area contributed by atoms with Crippen LogP contribution in [0, 0.1) is 10.1 Å². The third-order valence-corrected chi connectivity index (χ3v) is 3.56. The second-order valence-corrected chi connectivity index (χ2v) is 5.07. The van der Waals surface area contributed by atoms with Crippen LogP contribution in [0.5, 0.6) is 0 Å². The molecular weight excluding hydrogens is 292 g/mol. The van der Waals surface area contributed by atoms with Crippen molar-refractivity contribution in [3.05, 3.63) is 70.9 Å². The molecule has 0 spiro atoms. The summed E-state index contributed by atoms with van der Waals surface area (Å²) in [6, 6.07) is 17.3. The van der Waals surface area contributed by atoms with Gasteiger partial charge in [0, 0.05) is 17.1 Å². The number of pyridine rings is 1. The predicted molar refractivity (Wildman–Crippen MR) is 90.6 cm³/mol. The van der Waals surface area contributed by atoms with E-state index < -0.39 is 4.92 Å². The molecule has 0 aliphatic carbocycles. The summed E-state index contributed by atoms with van der Waals surface area (Å²) in [5, 5.41) is 19.7. The second kappa shape index (κ2) is 6.74. The summed E-state index contributed by atoms with van der Waals surface area (Å²) in [7, 11) is 0. The zero-order valence-electron chi connectivity index (χ0n) is 12.5. The van der Waals surface area contributed by atoms with E-state index in [1.807, 2.05) is 24.3 Å². The molecule has 0 saturated heterocycles. The molecule has 0 saturated carbocycles. The molecule has 0 aliphatic rings. The molecule has 3 aromatic rings. The van der Waals surface area contributed by atoms with Gasteiger partial charge >= 0.3 is 11.5 Å². The van der Waals surface area contributed by atoms with Crippen molar-refractivity contribution in [1.29, 1.82) is 0 Å². The highest BCUT2D eigenvalue weighted by Gasteiger charge is 2.18. The van der Waals surface area contributed by atoms with Gasteiger partial charge in [0.05, 0.1) is 17.7 Å². The number of anilines is 2. The largest absolute Gasteiger partial charge is 0.381 e. The summed E-state index contributed by atoms with van der Waals surface area (Å²) < 4.78 is 0. The molecule has 0 radical (unpaired) electrons. The van der Waals surface area contributed by atoms with Crippen molar-refractivity contribution in [2.45, 2.75) is 0 Å². The van der Waals surface area contributed by atoms with Crippen LogP contribution in [0.25, 0.3) is 10.8 Å². The van der Waals surface area contributed by atoms with Crippen LogP contribution in [0.15, 0.2) is 60.8 Å². The molecule has 0 fully saturated rings. The van der Waals surface area contributed by atoms with E-state index in [0.29, 0.717) is 18.9 Å². The van der Waals surface area contributed by atoms with Gasteiger partial charge in [0.1, 0.15) is 6.54 Å². The highest BCUT2D eigenvalue weighted by atomic mass is 16.6. The van der Waals surface area contributed by atoms with Crippen molar-refractivity contribution in [3.63, 3.8) is 0 Å². The van der Waals surface area contributed by atoms with E-state index in [0.717, 1.165) is 11.1 Å². The van der Waals surface area contributed by atoms with Gasteiger partial charge in [-0.3, -0.25) is 15.4 Å². The lowest BCUT2D eigenvalue weighted by Gasteiger charge is -2.08. The van der Waals surface area contributed by atoms with Gasteiger partial charge in [-0.15, -0.1) is 0 Å². The zero-order valence-corrected chi connectivity index (χ0v) is 12.5. The third-order valence-electron chi connectivity index (χ3n) is 3.56. The number of nitro groups is 1. The van der Waals surface area contributed by atoms with E-state index in [9.17, 15) is 10.1 Å². The van der Waals surface area contributed by atoms with E-state index in [1.54, 1.807) is 12.3 Å². The number of nitrogens with one attached hydrogen (secondary N) is 3. The fraction of sp³-hybridized carbons (Fsp3) is 0.118. The Morgan fingerprint density at radius 2 is 1.74 bits per heavy atom. The molecule has 23 heavy (non-hydrogen) atoms. The van der Waals surface area contributed by atoms with Gasteiger partial charge in [0.15, 0.2) is 0 Å². The molecule has 3 N–H and O–H groups in total. The van der Waals surface area contributed by atoms with Gasteiger partial charge in [-0.25, -0.2) is 4.98 Å². The van der Waals surface area contributed by atoms with Crippen LogP contribution in [0.4, 0.5) is 17.2 Å². The van der Waals surface area contributed by atoms with Gasteiger partial charge in [0.2, 0.25) is 0 Å². The number of H-pyrrole nitrogens is 1. The molecule has 2 aromatic carbocycles. The monoisotopic (exact) mass is 309 g/mol. The van der Waals surface area contributed by atoms with E-state index in [-0.39, 0.29) is 5.69 Å². The minimum Gasteiger partial charge on any atom is -0.381 e. The van der Waals surface area contributed by atoms with Crippen LogP contribution >= 0.6 is 0 Å². The van der Waals surface area contributed by atoms with Crippen LogP contribution in [0.1, 0.15) is 0 Å². The Hall–Kier alpha value is -3.15. The standard InChI is InChI=1S/C17H16N4O2/c22-21(23)16-9-4-10-19-17(16)20-12-11-18-15-8-3-6-13-5-1-2-7-14(13)15/h1-10,18H,11-12H2,(H,19,20)/p+1. The molecule has 0 atom stereocenters. The van der Waals surface area contributed by atoms with Crippen LogP contribution in [0.3, 0.4) is 0 Å². The van der Waals surface area contributed by atoms with Crippen LogP contribution in [0.2, 0.25) is 0 Å². The molecule has 1 aromatic heterocycles. The van der Waals surface area contributed by atoms with Crippen molar-refractivity contribution in [2.24, 2.45) is 0 Å². The molecule has 6 heteroatoms. The van der Waals surface area contributed by atoms with Gasteiger partial charge in [0.25, 0.3) is 0 Å². The minimum absolute atomic E-state index is 0.0395. The van der Waals surface area contributed by atoms with Gasteiger partial charge in [-0.05, 0) is 17.5 Å². The topological polar surface area (TPSA) is 81.3 Å². The number of benzene rings is 2. The van der Waals surface area contributed by atoms with E-state index in [4.69, 9.17) is 0 Å². The number of fused-ring (bicyclic) bond motifs is 1. The average molecular weight is 309 g/mol. The molecule has 6 nitrogen and oxygen atoms in total. The summed E-state index contributed by atoms with van der Waals surface area (Å²) in [6.45, 7) is 1.21. The summed E-state index contributed by atoms with van der Waals surface area (Å²) in [5.41, 5.74) is 1.09. The predicted octanol–water partition coefficient (Wildman–Crippen LogP) is 3.09. The first-order valence-electron chi connectivity index (χ1n) is 7.36. The Balaban J connectivity index is 1.63. The lowest BCUT2D eigenvalue weighted by atomic mass is 10.1. The van der Waals surface area contributed by atoms with Gasteiger partial charge < -0.3 is 5.32 Å². The number of aromatic nitrogens is 1. The molecule has 1 heterocycles. The minimum atomic E-state index is -0.406. The Labute approximate surface area is 133 Å². The summed E-state index contributed by atoms with van der Waals surface area (Å²) in [4.78, 5) is 13.4. The van der Waals surface area contributed by atoms with Crippen LogP contribution in [-0.2, 0) is 0 Å². The first-order valence-corrected chi connectivity index (χ1v) is 7.36. The van der Waals surface area contributed by atoms with Crippen molar-refractivity contribution in [3.8, 4) is 0 Å². The van der Waals surface area contributed by atoms with Crippen LogP contribution < -0.4 is 15.6 Å². The Morgan fingerprint density at radius 3 is 2.61 bits per heavy atom. The van der Waals surface area contributed by atoms with Crippen molar-refractivity contribution >= 4 is 28.0 Å². The van der Waals surface area contributed by atoms with Crippen molar-refractivity contribution in [2.75, 3.05) is 23.7 Å². The number of aromatic amines is 1.